The number of nitrogens with zero attached hydrogens (tertiary/aromatic N) is 1. The quantitative estimate of drug-likeness (QED) is 0.261. The molecule has 1 heterocycles. The van der Waals surface area contributed by atoms with Gasteiger partial charge in [-0.25, -0.2) is 4.98 Å². The molecule has 0 radical (unpaired) electrons. The van der Waals surface area contributed by atoms with Crippen molar-refractivity contribution in [2.24, 2.45) is 0 Å². The van der Waals surface area contributed by atoms with Gasteiger partial charge in [-0.1, -0.05) is 47.5 Å². The predicted molar refractivity (Wildman–Crippen MR) is 142 cm³/mol. The minimum atomic E-state index is -0.356. The van der Waals surface area contributed by atoms with Gasteiger partial charge >= 0.3 is 0 Å². The van der Waals surface area contributed by atoms with Crippen LogP contribution in [0, 0.1) is 6.92 Å². The van der Waals surface area contributed by atoms with E-state index in [1.165, 1.54) is 23.1 Å². The fourth-order valence-corrected chi connectivity index (χ4v) is 4.88. The fraction of sp³-hybridized carbons (Fsp3) is 0.115. The van der Waals surface area contributed by atoms with Crippen molar-refractivity contribution < 1.29 is 9.59 Å². The van der Waals surface area contributed by atoms with E-state index in [-0.39, 0.29) is 17.1 Å². The maximum Gasteiger partial charge on any atom is 0.255 e. The van der Waals surface area contributed by atoms with Crippen LogP contribution in [-0.2, 0) is 4.79 Å². The molecule has 4 aromatic rings. The van der Waals surface area contributed by atoms with E-state index in [0.717, 1.165) is 21.7 Å². The summed E-state index contributed by atoms with van der Waals surface area (Å²) in [5.74, 6) is -0.315. The number of anilines is 2. The topological polar surface area (TPSA) is 71.1 Å². The molecule has 0 fully saturated rings. The minimum absolute atomic E-state index is 0.142. The molecular weight excluding hydrogens is 486 g/mol. The lowest BCUT2D eigenvalue weighted by molar-refractivity contribution is -0.115. The van der Waals surface area contributed by atoms with Gasteiger partial charge in [0.25, 0.3) is 5.91 Å². The van der Waals surface area contributed by atoms with Crippen LogP contribution in [0.2, 0.25) is 5.02 Å². The van der Waals surface area contributed by atoms with E-state index in [1.807, 2.05) is 79.9 Å². The molecule has 2 amide bonds. The molecular formula is C26H22ClN3O2S2. The molecule has 0 aliphatic carbocycles. The number of thiazole rings is 1. The Kier molecular flexibility index (Phi) is 7.67. The Balaban J connectivity index is 1.35. The first-order valence-electron chi connectivity index (χ1n) is 10.5. The van der Waals surface area contributed by atoms with Crippen molar-refractivity contribution in [3.63, 3.8) is 0 Å². The second-order valence-electron chi connectivity index (χ2n) is 7.64. The highest BCUT2D eigenvalue weighted by atomic mass is 35.5. The molecule has 4 rings (SSSR count). The van der Waals surface area contributed by atoms with Crippen LogP contribution in [0.3, 0.4) is 0 Å². The van der Waals surface area contributed by atoms with Gasteiger partial charge < -0.3 is 10.6 Å². The van der Waals surface area contributed by atoms with Crippen LogP contribution < -0.4 is 10.6 Å². The maximum atomic E-state index is 12.7. The van der Waals surface area contributed by atoms with Crippen LogP contribution in [0.1, 0.15) is 22.8 Å². The monoisotopic (exact) mass is 507 g/mol. The number of nitrogens with one attached hydrogen (secondary N) is 2. The molecule has 0 saturated carbocycles. The molecule has 34 heavy (non-hydrogen) atoms. The highest BCUT2D eigenvalue weighted by molar-refractivity contribution is 8.00. The number of aryl methyl sites for hydroxylation is 1. The highest BCUT2D eigenvalue weighted by Crippen LogP contribution is 2.29. The molecule has 0 saturated heterocycles. The van der Waals surface area contributed by atoms with Gasteiger partial charge in [-0.15, -0.1) is 23.1 Å². The first kappa shape index (κ1) is 24.0. The van der Waals surface area contributed by atoms with E-state index >= 15 is 0 Å². The Morgan fingerprint density at radius 3 is 2.47 bits per heavy atom. The van der Waals surface area contributed by atoms with Crippen LogP contribution in [-0.4, -0.2) is 22.0 Å². The van der Waals surface area contributed by atoms with Gasteiger partial charge in [-0.3, -0.25) is 9.59 Å². The lowest BCUT2D eigenvalue weighted by atomic mass is 10.1. The number of halogens is 1. The van der Waals surface area contributed by atoms with Crippen LogP contribution >= 0.6 is 34.7 Å². The normalized spacial score (nSPS) is 11.6. The van der Waals surface area contributed by atoms with Crippen LogP contribution in [0.15, 0.2) is 83.1 Å². The van der Waals surface area contributed by atoms with E-state index in [2.05, 4.69) is 15.6 Å². The van der Waals surface area contributed by atoms with Gasteiger partial charge in [0.1, 0.15) is 0 Å². The summed E-state index contributed by atoms with van der Waals surface area (Å²) in [5, 5.41) is 8.55. The lowest BCUT2D eigenvalue weighted by Gasteiger charge is -2.12. The average Bonchev–Trinajstić information content (AvgIpc) is 3.28. The first-order chi connectivity index (χ1) is 16.4. The molecule has 0 aliphatic rings. The van der Waals surface area contributed by atoms with Crippen molar-refractivity contribution in [2.45, 2.75) is 24.0 Å². The van der Waals surface area contributed by atoms with Gasteiger partial charge in [0.05, 0.1) is 10.9 Å². The number of carbonyl (C=O) groups is 2. The van der Waals surface area contributed by atoms with Crippen LogP contribution in [0.5, 0.6) is 0 Å². The third-order valence-corrected chi connectivity index (χ3v) is 7.07. The summed E-state index contributed by atoms with van der Waals surface area (Å²) in [6.45, 7) is 3.82. The number of thioether (sulfide) groups is 1. The SMILES string of the molecule is Cc1ccc(C(=O)Nc2cccc(SC(C)C(=O)Nc3nc(-c4ccc(Cl)cc4)cs3)c2)cc1. The Morgan fingerprint density at radius 1 is 1.00 bits per heavy atom. The number of rotatable bonds is 7. The molecule has 172 valence electrons. The summed E-state index contributed by atoms with van der Waals surface area (Å²) in [4.78, 5) is 30.6. The van der Waals surface area contributed by atoms with Crippen LogP contribution in [0.25, 0.3) is 11.3 Å². The van der Waals surface area contributed by atoms with Gasteiger partial charge in [0.2, 0.25) is 5.91 Å². The molecule has 3 aromatic carbocycles. The summed E-state index contributed by atoms with van der Waals surface area (Å²) >= 11 is 8.73. The Labute approximate surface area is 211 Å². The van der Waals surface area contributed by atoms with E-state index < -0.39 is 0 Å². The number of benzene rings is 3. The average molecular weight is 508 g/mol. The Morgan fingerprint density at radius 2 is 1.74 bits per heavy atom. The van der Waals surface area contributed by atoms with Crippen LogP contribution in [0.4, 0.5) is 10.8 Å². The zero-order valence-corrected chi connectivity index (χ0v) is 20.9. The number of aromatic nitrogens is 1. The molecule has 0 bridgehead atoms. The van der Waals surface area contributed by atoms with Gasteiger partial charge in [-0.2, -0.15) is 0 Å². The second-order valence-corrected chi connectivity index (χ2v) is 10.4. The van der Waals surface area contributed by atoms with Gasteiger partial charge in [0, 0.05) is 32.1 Å². The third kappa shape index (κ3) is 6.26. The Hall–Kier alpha value is -3.13. The summed E-state index contributed by atoms with van der Waals surface area (Å²) in [6.07, 6.45) is 0. The molecule has 5 nitrogen and oxygen atoms in total. The number of amides is 2. The van der Waals surface area contributed by atoms with Gasteiger partial charge in [0.15, 0.2) is 5.13 Å². The van der Waals surface area contributed by atoms with Crippen molar-refractivity contribution >= 4 is 57.3 Å². The largest absolute Gasteiger partial charge is 0.322 e. The second kappa shape index (κ2) is 10.9. The van der Waals surface area contributed by atoms with E-state index in [4.69, 9.17) is 11.6 Å². The standard InChI is InChI=1S/C26H22ClN3O2S2/c1-16-6-8-19(9-7-16)25(32)28-21-4-3-5-22(14-21)34-17(2)24(31)30-26-29-23(15-33-26)18-10-12-20(27)13-11-18/h3-15,17H,1-2H3,(H,28,32)(H,29,30,31). The Bertz CT molecular complexity index is 1300. The molecule has 0 aliphatic heterocycles. The summed E-state index contributed by atoms with van der Waals surface area (Å²) < 4.78 is 0. The number of hydrogen-bond donors (Lipinski definition) is 2. The molecule has 2 N–H and O–H groups in total. The zero-order valence-electron chi connectivity index (χ0n) is 18.5. The van der Waals surface area contributed by atoms with Crippen molar-refractivity contribution in [3.8, 4) is 11.3 Å². The van der Waals surface area contributed by atoms with Crippen molar-refractivity contribution in [1.82, 2.24) is 4.98 Å². The summed E-state index contributed by atoms with van der Waals surface area (Å²) in [5.41, 5.74) is 4.09. The zero-order chi connectivity index (χ0) is 24.1. The predicted octanol–water partition coefficient (Wildman–Crippen LogP) is 7.14. The van der Waals surface area contributed by atoms with Gasteiger partial charge in [-0.05, 0) is 56.3 Å². The van der Waals surface area contributed by atoms with Crippen molar-refractivity contribution in [2.75, 3.05) is 10.6 Å². The molecule has 8 heteroatoms. The van der Waals surface area contributed by atoms with Crippen molar-refractivity contribution in [3.05, 3.63) is 94.3 Å². The fourth-order valence-electron chi connectivity index (χ4n) is 3.10. The number of hydrogen-bond acceptors (Lipinski definition) is 5. The summed E-state index contributed by atoms with van der Waals surface area (Å²) in [7, 11) is 0. The van der Waals surface area contributed by atoms with E-state index in [9.17, 15) is 9.59 Å². The van der Waals surface area contributed by atoms with E-state index in [0.29, 0.717) is 21.4 Å². The molecule has 1 unspecified atom stereocenters. The smallest absolute Gasteiger partial charge is 0.255 e. The summed E-state index contributed by atoms with van der Waals surface area (Å²) in [6, 6.07) is 22.3. The number of carbonyl (C=O) groups excluding carboxylic acids is 2. The van der Waals surface area contributed by atoms with Crippen molar-refractivity contribution in [1.29, 1.82) is 0 Å². The first-order valence-corrected chi connectivity index (χ1v) is 12.7. The molecule has 0 spiro atoms. The van der Waals surface area contributed by atoms with E-state index in [1.54, 1.807) is 12.1 Å². The lowest BCUT2D eigenvalue weighted by Crippen LogP contribution is -2.22. The maximum absolute atomic E-state index is 12.7. The minimum Gasteiger partial charge on any atom is -0.322 e. The third-order valence-electron chi connectivity index (χ3n) is 4.96. The molecule has 1 aromatic heterocycles. The molecule has 1 atom stereocenters. The highest BCUT2D eigenvalue weighted by Gasteiger charge is 2.17.